The Bertz CT molecular complexity index is 781. The van der Waals surface area contributed by atoms with Crippen LogP contribution < -0.4 is 5.32 Å². The van der Waals surface area contributed by atoms with Gasteiger partial charge in [0, 0.05) is 18.8 Å². The number of carboxylic acids is 1. The summed E-state index contributed by atoms with van der Waals surface area (Å²) in [6.07, 6.45) is 0.527. The molecule has 6 heteroatoms. The van der Waals surface area contributed by atoms with Crippen molar-refractivity contribution in [2.24, 2.45) is 0 Å². The van der Waals surface area contributed by atoms with Crippen LogP contribution in [-0.4, -0.2) is 40.9 Å². The molecule has 1 heterocycles. The fourth-order valence-corrected chi connectivity index (χ4v) is 2.73. The van der Waals surface area contributed by atoms with Crippen LogP contribution in [0.4, 0.5) is 5.69 Å². The maximum Gasteiger partial charge on any atom is 0.337 e. The highest BCUT2D eigenvalue weighted by molar-refractivity contribution is 6.21. The number of nitrogens with zero attached hydrogens (tertiary/aromatic N) is 1. The fraction of sp³-hybridized carbons (Fsp3) is 0.167. The van der Waals surface area contributed by atoms with Crippen molar-refractivity contribution in [2.75, 3.05) is 18.4 Å². The number of hydrogen-bond acceptors (Lipinski definition) is 4. The van der Waals surface area contributed by atoms with Gasteiger partial charge >= 0.3 is 5.97 Å². The predicted molar refractivity (Wildman–Crippen MR) is 88.3 cm³/mol. The molecule has 0 aromatic heterocycles. The van der Waals surface area contributed by atoms with Gasteiger partial charge in [-0.2, -0.15) is 0 Å². The highest BCUT2D eigenvalue weighted by Gasteiger charge is 2.34. The molecule has 2 amide bonds. The molecule has 0 spiro atoms. The molecule has 2 N–H and O–H groups in total. The molecular weight excluding hydrogens is 308 g/mol. The number of para-hydroxylation sites is 1. The highest BCUT2D eigenvalue weighted by atomic mass is 16.4. The van der Waals surface area contributed by atoms with Crippen molar-refractivity contribution in [2.45, 2.75) is 6.42 Å². The maximum absolute atomic E-state index is 12.2. The van der Waals surface area contributed by atoms with E-state index in [1.807, 2.05) is 0 Å². The molecule has 2 aromatic rings. The number of nitrogens with one attached hydrogen (secondary N) is 1. The van der Waals surface area contributed by atoms with Crippen LogP contribution in [-0.2, 0) is 0 Å². The van der Waals surface area contributed by atoms with Crippen molar-refractivity contribution < 1.29 is 19.5 Å². The Morgan fingerprint density at radius 1 is 0.958 bits per heavy atom. The first-order chi connectivity index (χ1) is 11.6. The van der Waals surface area contributed by atoms with Gasteiger partial charge in [0.05, 0.1) is 16.7 Å². The number of hydrogen-bond donors (Lipinski definition) is 2. The minimum atomic E-state index is -1.00. The number of benzene rings is 2. The van der Waals surface area contributed by atoms with E-state index in [0.29, 0.717) is 29.8 Å². The molecule has 0 radical (unpaired) electrons. The predicted octanol–water partition coefficient (Wildman–Crippen LogP) is 2.48. The van der Waals surface area contributed by atoms with E-state index in [1.54, 1.807) is 42.5 Å². The zero-order valence-electron chi connectivity index (χ0n) is 12.9. The van der Waals surface area contributed by atoms with Gasteiger partial charge in [0.15, 0.2) is 0 Å². The first kappa shape index (κ1) is 15.7. The molecule has 2 aromatic carbocycles. The van der Waals surface area contributed by atoms with Crippen molar-refractivity contribution in [1.82, 2.24) is 4.90 Å². The summed E-state index contributed by atoms with van der Waals surface area (Å²) in [4.78, 5) is 36.8. The number of anilines is 1. The van der Waals surface area contributed by atoms with E-state index in [-0.39, 0.29) is 23.9 Å². The quantitative estimate of drug-likeness (QED) is 0.630. The van der Waals surface area contributed by atoms with E-state index in [2.05, 4.69) is 5.32 Å². The second-order valence-corrected chi connectivity index (χ2v) is 5.44. The average molecular weight is 324 g/mol. The molecule has 0 saturated carbocycles. The lowest BCUT2D eigenvalue weighted by Crippen LogP contribution is -2.31. The number of aromatic carboxylic acids is 1. The van der Waals surface area contributed by atoms with Gasteiger partial charge in [0.25, 0.3) is 11.8 Å². The smallest absolute Gasteiger partial charge is 0.337 e. The number of rotatable bonds is 6. The largest absolute Gasteiger partial charge is 0.478 e. The van der Waals surface area contributed by atoms with E-state index >= 15 is 0 Å². The van der Waals surface area contributed by atoms with Crippen LogP contribution in [0.1, 0.15) is 37.5 Å². The van der Waals surface area contributed by atoms with Crippen molar-refractivity contribution in [3.05, 3.63) is 65.2 Å². The molecular formula is C18H16N2O4. The van der Waals surface area contributed by atoms with Gasteiger partial charge in [0.1, 0.15) is 0 Å². The van der Waals surface area contributed by atoms with Gasteiger partial charge in [-0.3, -0.25) is 14.5 Å². The summed E-state index contributed by atoms with van der Waals surface area (Å²) < 4.78 is 0. The third-order valence-corrected chi connectivity index (χ3v) is 3.91. The molecule has 0 aliphatic carbocycles. The Kier molecular flexibility index (Phi) is 4.29. The van der Waals surface area contributed by atoms with Crippen LogP contribution in [0.2, 0.25) is 0 Å². The SMILES string of the molecule is O=C(O)c1ccccc1NCCCN1C(=O)c2ccccc2C1=O. The Morgan fingerprint density at radius 3 is 2.17 bits per heavy atom. The second-order valence-electron chi connectivity index (χ2n) is 5.44. The number of fused-ring (bicyclic) bond motifs is 1. The first-order valence-electron chi connectivity index (χ1n) is 7.61. The number of carboxylic acid groups (broad SMARTS) is 1. The van der Waals surface area contributed by atoms with Gasteiger partial charge in [-0.1, -0.05) is 24.3 Å². The van der Waals surface area contributed by atoms with Gasteiger partial charge in [-0.05, 0) is 30.7 Å². The number of amides is 2. The lowest BCUT2D eigenvalue weighted by atomic mass is 10.1. The van der Waals surface area contributed by atoms with Crippen LogP contribution in [0.5, 0.6) is 0 Å². The highest BCUT2D eigenvalue weighted by Crippen LogP contribution is 2.22. The van der Waals surface area contributed by atoms with Gasteiger partial charge in [-0.15, -0.1) is 0 Å². The van der Waals surface area contributed by atoms with E-state index in [0.717, 1.165) is 0 Å². The molecule has 24 heavy (non-hydrogen) atoms. The Labute approximate surface area is 138 Å². The van der Waals surface area contributed by atoms with Crippen molar-refractivity contribution in [3.63, 3.8) is 0 Å². The summed E-state index contributed by atoms with van der Waals surface area (Å²) in [6, 6.07) is 13.4. The zero-order chi connectivity index (χ0) is 17.1. The van der Waals surface area contributed by atoms with Crippen LogP contribution >= 0.6 is 0 Å². The van der Waals surface area contributed by atoms with E-state index in [9.17, 15) is 14.4 Å². The number of carbonyl (C=O) groups is 3. The Morgan fingerprint density at radius 2 is 1.54 bits per heavy atom. The molecule has 0 fully saturated rings. The lowest BCUT2D eigenvalue weighted by molar-refractivity contribution is 0.0651. The topological polar surface area (TPSA) is 86.7 Å². The van der Waals surface area contributed by atoms with E-state index < -0.39 is 5.97 Å². The first-order valence-corrected chi connectivity index (χ1v) is 7.61. The summed E-state index contributed by atoms with van der Waals surface area (Å²) >= 11 is 0. The van der Waals surface area contributed by atoms with Gasteiger partial charge in [0.2, 0.25) is 0 Å². The van der Waals surface area contributed by atoms with Crippen LogP contribution in [0.25, 0.3) is 0 Å². The standard InChI is InChI=1S/C18H16N2O4/c21-16-12-6-1-2-7-13(12)17(22)20(16)11-5-10-19-15-9-4-3-8-14(15)18(23)24/h1-4,6-9,19H,5,10-11H2,(H,23,24). The Balaban J connectivity index is 1.58. The maximum atomic E-state index is 12.2. The summed E-state index contributed by atoms with van der Waals surface area (Å²) in [6.45, 7) is 0.742. The van der Waals surface area contributed by atoms with E-state index in [1.165, 1.54) is 11.0 Å². The summed E-state index contributed by atoms with van der Waals surface area (Å²) in [5.74, 6) is -1.55. The Hall–Kier alpha value is -3.15. The molecule has 0 unspecified atom stereocenters. The molecule has 0 saturated heterocycles. The van der Waals surface area contributed by atoms with Crippen molar-refractivity contribution in [1.29, 1.82) is 0 Å². The zero-order valence-corrected chi connectivity index (χ0v) is 12.9. The van der Waals surface area contributed by atoms with E-state index in [4.69, 9.17) is 5.11 Å². The second kappa shape index (κ2) is 6.54. The lowest BCUT2D eigenvalue weighted by Gasteiger charge is -2.14. The molecule has 3 rings (SSSR count). The number of imide groups is 1. The normalized spacial score (nSPS) is 13.1. The molecule has 1 aliphatic rings. The van der Waals surface area contributed by atoms with Gasteiger partial charge in [-0.25, -0.2) is 4.79 Å². The molecule has 0 bridgehead atoms. The molecule has 6 nitrogen and oxygen atoms in total. The molecule has 1 aliphatic heterocycles. The van der Waals surface area contributed by atoms with Crippen LogP contribution in [0.15, 0.2) is 48.5 Å². The number of carbonyl (C=O) groups excluding carboxylic acids is 2. The third-order valence-electron chi connectivity index (χ3n) is 3.91. The van der Waals surface area contributed by atoms with Gasteiger partial charge < -0.3 is 10.4 Å². The molecule has 122 valence electrons. The van der Waals surface area contributed by atoms with Crippen molar-refractivity contribution in [3.8, 4) is 0 Å². The average Bonchev–Trinajstić information content (AvgIpc) is 2.84. The van der Waals surface area contributed by atoms with Crippen LogP contribution in [0, 0.1) is 0 Å². The molecule has 0 atom stereocenters. The minimum absolute atomic E-state index is 0.193. The van der Waals surface area contributed by atoms with Crippen LogP contribution in [0.3, 0.4) is 0 Å². The summed E-state index contributed by atoms with van der Waals surface area (Å²) in [5, 5.41) is 12.2. The summed E-state index contributed by atoms with van der Waals surface area (Å²) in [7, 11) is 0. The minimum Gasteiger partial charge on any atom is -0.478 e. The fourth-order valence-electron chi connectivity index (χ4n) is 2.73. The monoisotopic (exact) mass is 324 g/mol. The summed E-state index contributed by atoms with van der Waals surface area (Å²) in [5.41, 5.74) is 1.59. The van der Waals surface area contributed by atoms with Crippen molar-refractivity contribution >= 4 is 23.5 Å². The third kappa shape index (κ3) is 2.86.